The van der Waals surface area contributed by atoms with Crippen LogP contribution in [0.4, 0.5) is 5.69 Å². The normalized spacial score (nSPS) is 21.9. The lowest BCUT2D eigenvalue weighted by Gasteiger charge is -2.19. The fourth-order valence-corrected chi connectivity index (χ4v) is 2.99. The van der Waals surface area contributed by atoms with Gasteiger partial charge in [-0.25, -0.2) is 0 Å². The van der Waals surface area contributed by atoms with E-state index in [9.17, 15) is 4.79 Å². The molecule has 0 saturated carbocycles. The molecule has 1 fully saturated rings. The molecule has 1 heterocycles. The molecule has 4 nitrogen and oxygen atoms in total. The lowest BCUT2D eigenvalue weighted by molar-refractivity contribution is -0.145. The highest BCUT2D eigenvalue weighted by atomic mass is 32.1. The van der Waals surface area contributed by atoms with Crippen molar-refractivity contribution in [1.82, 2.24) is 0 Å². The summed E-state index contributed by atoms with van der Waals surface area (Å²) in [5.74, 6) is 0.102. The Morgan fingerprint density at radius 2 is 2.15 bits per heavy atom. The van der Waals surface area contributed by atoms with Crippen LogP contribution in [0.1, 0.15) is 18.1 Å². The number of esters is 1. The van der Waals surface area contributed by atoms with Gasteiger partial charge < -0.3 is 15.4 Å². The first-order valence-corrected chi connectivity index (χ1v) is 7.08. The highest BCUT2D eigenvalue weighted by molar-refractivity contribution is 7.80. The highest BCUT2D eigenvalue weighted by Crippen LogP contribution is 2.30. The van der Waals surface area contributed by atoms with Gasteiger partial charge in [0.25, 0.3) is 0 Å². The standard InChI is InChI=1S/C15H20N2O2S/c1-9-6-11(4-5-12(9)14(16)20)17-7-10(2)13(8-17)15(18)19-3/h4-6,10,13H,7-8H2,1-3H3,(H2,16,20). The van der Waals surface area contributed by atoms with Crippen molar-refractivity contribution in [1.29, 1.82) is 0 Å². The number of nitrogens with zero attached hydrogens (tertiary/aromatic N) is 1. The number of anilines is 1. The number of benzene rings is 1. The van der Waals surface area contributed by atoms with E-state index in [1.807, 2.05) is 19.1 Å². The molecular formula is C15H20N2O2S. The van der Waals surface area contributed by atoms with Gasteiger partial charge in [-0.3, -0.25) is 4.79 Å². The molecule has 2 atom stereocenters. The van der Waals surface area contributed by atoms with Crippen LogP contribution in [-0.4, -0.2) is 31.2 Å². The number of methoxy groups -OCH3 is 1. The number of aryl methyl sites for hydroxylation is 1. The van der Waals surface area contributed by atoms with Gasteiger partial charge in [0.1, 0.15) is 4.99 Å². The second-order valence-corrected chi connectivity index (χ2v) is 5.82. The first-order valence-electron chi connectivity index (χ1n) is 6.67. The summed E-state index contributed by atoms with van der Waals surface area (Å²) in [5, 5.41) is 0. The number of rotatable bonds is 3. The zero-order valence-electron chi connectivity index (χ0n) is 12.1. The van der Waals surface area contributed by atoms with Crippen LogP contribution < -0.4 is 10.6 Å². The van der Waals surface area contributed by atoms with Crippen LogP contribution in [0.25, 0.3) is 0 Å². The minimum Gasteiger partial charge on any atom is -0.469 e. The Balaban J connectivity index is 2.20. The summed E-state index contributed by atoms with van der Waals surface area (Å²) in [6.45, 7) is 5.62. The van der Waals surface area contributed by atoms with Crippen molar-refractivity contribution >= 4 is 28.9 Å². The summed E-state index contributed by atoms with van der Waals surface area (Å²) in [6, 6.07) is 6.03. The Morgan fingerprint density at radius 3 is 2.70 bits per heavy atom. The summed E-state index contributed by atoms with van der Waals surface area (Å²) >= 11 is 5.02. The van der Waals surface area contributed by atoms with Gasteiger partial charge in [0, 0.05) is 24.3 Å². The molecule has 1 aromatic rings. The van der Waals surface area contributed by atoms with E-state index in [0.29, 0.717) is 11.5 Å². The van der Waals surface area contributed by atoms with Crippen LogP contribution in [0.15, 0.2) is 18.2 Å². The van der Waals surface area contributed by atoms with Crippen LogP contribution in [0.2, 0.25) is 0 Å². The van der Waals surface area contributed by atoms with E-state index < -0.39 is 0 Å². The van der Waals surface area contributed by atoms with Gasteiger partial charge in [-0.15, -0.1) is 0 Å². The summed E-state index contributed by atoms with van der Waals surface area (Å²) in [7, 11) is 1.44. The fourth-order valence-electron chi connectivity index (χ4n) is 2.76. The molecule has 1 saturated heterocycles. The number of thiocarbonyl (C=S) groups is 1. The largest absolute Gasteiger partial charge is 0.469 e. The van der Waals surface area contributed by atoms with Crippen LogP contribution in [0.3, 0.4) is 0 Å². The van der Waals surface area contributed by atoms with Crippen molar-refractivity contribution in [3.63, 3.8) is 0 Å². The Morgan fingerprint density at radius 1 is 1.45 bits per heavy atom. The number of nitrogens with two attached hydrogens (primary N) is 1. The van der Waals surface area contributed by atoms with Crippen molar-refractivity contribution < 1.29 is 9.53 Å². The third kappa shape index (κ3) is 2.77. The monoisotopic (exact) mass is 292 g/mol. The molecule has 108 valence electrons. The molecule has 2 unspecified atom stereocenters. The maximum absolute atomic E-state index is 11.7. The van der Waals surface area contributed by atoms with Crippen molar-refractivity contribution in [2.75, 3.05) is 25.1 Å². The van der Waals surface area contributed by atoms with E-state index in [-0.39, 0.29) is 17.8 Å². The molecule has 0 bridgehead atoms. The van der Waals surface area contributed by atoms with Gasteiger partial charge in [0.15, 0.2) is 0 Å². The molecule has 0 amide bonds. The van der Waals surface area contributed by atoms with E-state index in [2.05, 4.69) is 17.9 Å². The van der Waals surface area contributed by atoms with Crippen LogP contribution in [-0.2, 0) is 9.53 Å². The molecule has 1 aliphatic rings. The van der Waals surface area contributed by atoms with Gasteiger partial charge in [-0.1, -0.05) is 19.1 Å². The minimum atomic E-state index is -0.128. The Hall–Kier alpha value is -1.62. The van der Waals surface area contributed by atoms with Gasteiger partial charge in [0.05, 0.1) is 13.0 Å². The Kier molecular flexibility index (Phi) is 4.28. The zero-order valence-corrected chi connectivity index (χ0v) is 12.9. The first kappa shape index (κ1) is 14.8. The molecule has 2 rings (SSSR count). The number of ether oxygens (including phenoxy) is 1. The zero-order chi connectivity index (χ0) is 14.9. The molecule has 20 heavy (non-hydrogen) atoms. The molecule has 0 radical (unpaired) electrons. The number of hydrogen-bond acceptors (Lipinski definition) is 4. The van der Waals surface area contributed by atoms with Gasteiger partial charge in [0.2, 0.25) is 0 Å². The van der Waals surface area contributed by atoms with Gasteiger partial charge in [-0.2, -0.15) is 0 Å². The Labute approximate surface area is 124 Å². The summed E-state index contributed by atoms with van der Waals surface area (Å²) in [4.78, 5) is 14.4. The van der Waals surface area contributed by atoms with Gasteiger partial charge in [-0.05, 0) is 36.6 Å². The van der Waals surface area contributed by atoms with Crippen LogP contribution >= 0.6 is 12.2 Å². The molecular weight excluding hydrogens is 272 g/mol. The van der Waals surface area contributed by atoms with E-state index in [1.54, 1.807) is 0 Å². The average molecular weight is 292 g/mol. The number of carbonyl (C=O) groups excluding carboxylic acids is 1. The van der Waals surface area contributed by atoms with Crippen LogP contribution in [0, 0.1) is 18.8 Å². The number of hydrogen-bond donors (Lipinski definition) is 1. The smallest absolute Gasteiger partial charge is 0.310 e. The predicted octanol–water partition coefficient (Wildman–Crippen LogP) is 1.87. The lowest BCUT2D eigenvalue weighted by Crippen LogP contribution is -2.24. The fraction of sp³-hybridized carbons (Fsp3) is 0.467. The number of carbonyl (C=O) groups is 1. The van der Waals surface area contributed by atoms with Crippen molar-refractivity contribution in [2.45, 2.75) is 13.8 Å². The summed E-state index contributed by atoms with van der Waals surface area (Å²) in [5.41, 5.74) is 8.74. The van der Waals surface area contributed by atoms with E-state index in [4.69, 9.17) is 22.7 Å². The van der Waals surface area contributed by atoms with Crippen molar-refractivity contribution in [2.24, 2.45) is 17.6 Å². The third-order valence-corrected chi connectivity index (χ3v) is 4.18. The lowest BCUT2D eigenvalue weighted by atomic mass is 9.99. The first-order chi connectivity index (χ1) is 9.43. The molecule has 2 N–H and O–H groups in total. The Bertz CT molecular complexity index is 545. The van der Waals surface area contributed by atoms with Crippen molar-refractivity contribution in [3.05, 3.63) is 29.3 Å². The summed E-state index contributed by atoms with van der Waals surface area (Å²) < 4.78 is 4.86. The highest BCUT2D eigenvalue weighted by Gasteiger charge is 2.35. The SMILES string of the molecule is COC(=O)C1CN(c2ccc(C(N)=S)c(C)c2)CC1C. The summed E-state index contributed by atoms with van der Waals surface area (Å²) in [6.07, 6.45) is 0. The maximum Gasteiger partial charge on any atom is 0.310 e. The van der Waals surface area contributed by atoms with Crippen molar-refractivity contribution in [3.8, 4) is 0 Å². The maximum atomic E-state index is 11.7. The second-order valence-electron chi connectivity index (χ2n) is 5.38. The molecule has 1 aromatic carbocycles. The third-order valence-electron chi connectivity index (χ3n) is 3.96. The van der Waals surface area contributed by atoms with Crippen LogP contribution in [0.5, 0.6) is 0 Å². The van der Waals surface area contributed by atoms with E-state index in [0.717, 1.165) is 23.4 Å². The van der Waals surface area contributed by atoms with E-state index >= 15 is 0 Å². The van der Waals surface area contributed by atoms with Gasteiger partial charge >= 0.3 is 5.97 Å². The molecule has 0 aromatic heterocycles. The molecule has 1 aliphatic heterocycles. The molecule has 0 spiro atoms. The second kappa shape index (κ2) is 5.79. The molecule has 0 aliphatic carbocycles. The minimum absolute atomic E-state index is 0.0597. The molecule has 5 heteroatoms. The predicted molar refractivity (Wildman–Crippen MR) is 83.9 cm³/mol. The average Bonchev–Trinajstić information content (AvgIpc) is 2.79. The quantitative estimate of drug-likeness (QED) is 0.681. The van der Waals surface area contributed by atoms with E-state index in [1.165, 1.54) is 7.11 Å². The topological polar surface area (TPSA) is 55.6 Å².